The molecule has 1 aliphatic heterocycles. The summed E-state index contributed by atoms with van der Waals surface area (Å²) in [5.41, 5.74) is 1.28. The van der Waals surface area contributed by atoms with Crippen LogP contribution in [0, 0.1) is 0 Å². The van der Waals surface area contributed by atoms with Gasteiger partial charge in [-0.3, -0.25) is 0 Å². The zero-order chi connectivity index (χ0) is 5.98. The number of hydrogen-bond donors (Lipinski definition) is 0. The first-order valence-corrected chi connectivity index (χ1v) is 4.17. The van der Waals surface area contributed by atoms with Gasteiger partial charge in [0, 0.05) is 12.2 Å². The number of rotatable bonds is 1. The van der Waals surface area contributed by atoms with Crippen molar-refractivity contribution in [2.75, 3.05) is 6.54 Å². The fraction of sp³-hybridized carbons (Fsp3) is 0.600. The van der Waals surface area contributed by atoms with Gasteiger partial charge in [0.15, 0.2) is 0 Å². The van der Waals surface area contributed by atoms with Gasteiger partial charge in [-0.1, -0.05) is 6.08 Å². The summed E-state index contributed by atoms with van der Waals surface area (Å²) in [7, 11) is 5.50. The molecule has 0 unspecified atom stereocenters. The van der Waals surface area contributed by atoms with Crippen molar-refractivity contribution in [1.82, 2.24) is 4.31 Å². The minimum atomic E-state index is 1.07. The molecule has 0 spiro atoms. The average Bonchev–Trinajstić information content (AvgIpc) is 2.14. The largest absolute Gasteiger partial charge is 0.307 e. The Kier molecular flexibility index (Phi) is 2.08. The second-order valence-electron chi connectivity index (χ2n) is 1.81. The van der Waals surface area contributed by atoms with Crippen LogP contribution in [0.4, 0.5) is 0 Å². The summed E-state index contributed by atoms with van der Waals surface area (Å²) in [5, 5.41) is 0. The van der Waals surface area contributed by atoms with Gasteiger partial charge in [-0.2, -0.15) is 0 Å². The van der Waals surface area contributed by atoms with Crippen molar-refractivity contribution in [3.8, 4) is 0 Å². The van der Waals surface area contributed by atoms with E-state index in [9.17, 15) is 0 Å². The number of allylic oxidation sites excluding steroid dienone is 1. The minimum Gasteiger partial charge on any atom is -0.307 e. The molecule has 0 bridgehead atoms. The van der Waals surface area contributed by atoms with Crippen LogP contribution in [0.15, 0.2) is 11.8 Å². The Hall–Kier alpha value is 0.180. The quantitative estimate of drug-likeness (QED) is 0.527. The SMILES string of the molecule is CC1=CCCN1SCl. The maximum Gasteiger partial charge on any atom is 0.0608 e. The molecule has 1 rings (SSSR count). The van der Waals surface area contributed by atoms with Crippen molar-refractivity contribution in [3.05, 3.63) is 11.8 Å². The van der Waals surface area contributed by atoms with Crippen molar-refractivity contribution in [1.29, 1.82) is 0 Å². The third-order valence-electron chi connectivity index (χ3n) is 1.25. The van der Waals surface area contributed by atoms with Gasteiger partial charge in [0.1, 0.15) is 0 Å². The maximum atomic E-state index is 5.50. The second kappa shape index (κ2) is 2.65. The fourth-order valence-corrected chi connectivity index (χ4v) is 1.65. The van der Waals surface area contributed by atoms with Crippen molar-refractivity contribution in [3.63, 3.8) is 0 Å². The summed E-state index contributed by atoms with van der Waals surface area (Å²) in [4.78, 5) is 0. The molecule has 0 radical (unpaired) electrons. The second-order valence-corrected chi connectivity index (χ2v) is 2.80. The molecule has 1 aliphatic rings. The maximum absolute atomic E-state index is 5.50. The molecule has 1 nitrogen and oxygen atoms in total. The van der Waals surface area contributed by atoms with Crippen LogP contribution in [0.5, 0.6) is 0 Å². The molecule has 0 aliphatic carbocycles. The highest BCUT2D eigenvalue weighted by molar-refractivity contribution is 8.19. The van der Waals surface area contributed by atoms with Crippen LogP contribution in [0.1, 0.15) is 13.3 Å². The van der Waals surface area contributed by atoms with E-state index in [-0.39, 0.29) is 0 Å². The summed E-state index contributed by atoms with van der Waals surface area (Å²) in [6.07, 6.45) is 3.33. The van der Waals surface area contributed by atoms with Crippen molar-refractivity contribution in [2.45, 2.75) is 13.3 Å². The van der Waals surface area contributed by atoms with E-state index in [0.29, 0.717) is 0 Å². The topological polar surface area (TPSA) is 3.24 Å². The zero-order valence-electron chi connectivity index (χ0n) is 4.72. The molecular formula is C5H8ClNS. The van der Waals surface area contributed by atoms with Gasteiger partial charge < -0.3 is 4.31 Å². The van der Waals surface area contributed by atoms with E-state index in [1.54, 1.807) is 0 Å². The van der Waals surface area contributed by atoms with Crippen LogP contribution in [0.2, 0.25) is 0 Å². The number of nitrogens with zero attached hydrogens (tertiary/aromatic N) is 1. The average molecular weight is 150 g/mol. The molecule has 0 fully saturated rings. The van der Waals surface area contributed by atoms with E-state index in [2.05, 4.69) is 17.3 Å². The monoisotopic (exact) mass is 149 g/mol. The van der Waals surface area contributed by atoms with Gasteiger partial charge in [0.2, 0.25) is 0 Å². The Morgan fingerprint density at radius 2 is 2.62 bits per heavy atom. The first kappa shape index (κ1) is 6.30. The number of hydrogen-bond acceptors (Lipinski definition) is 2. The molecule has 0 N–H and O–H groups in total. The van der Waals surface area contributed by atoms with Gasteiger partial charge in [-0.25, -0.2) is 0 Å². The summed E-state index contributed by atoms with van der Waals surface area (Å²) < 4.78 is 2.07. The van der Waals surface area contributed by atoms with Gasteiger partial charge in [0.05, 0.1) is 11.2 Å². The molecule has 8 heavy (non-hydrogen) atoms. The molecule has 0 aromatic rings. The molecular weight excluding hydrogens is 142 g/mol. The Bertz CT molecular complexity index is 113. The third kappa shape index (κ3) is 1.12. The lowest BCUT2D eigenvalue weighted by Crippen LogP contribution is -2.05. The lowest BCUT2D eigenvalue weighted by molar-refractivity contribution is 0.634. The molecule has 0 amide bonds. The van der Waals surface area contributed by atoms with Crippen LogP contribution in [-0.4, -0.2) is 10.8 Å². The van der Waals surface area contributed by atoms with E-state index in [1.165, 1.54) is 16.9 Å². The molecule has 46 valence electrons. The summed E-state index contributed by atoms with van der Waals surface area (Å²) in [6, 6.07) is 0. The minimum absolute atomic E-state index is 1.07. The highest BCUT2D eigenvalue weighted by Crippen LogP contribution is 2.25. The van der Waals surface area contributed by atoms with Crippen LogP contribution >= 0.6 is 21.8 Å². The molecule has 3 heteroatoms. The van der Waals surface area contributed by atoms with E-state index in [0.717, 1.165) is 13.0 Å². The number of halogens is 1. The van der Waals surface area contributed by atoms with Crippen LogP contribution in [0.25, 0.3) is 0 Å². The normalized spacial score (nSPS) is 19.2. The molecule has 0 aromatic carbocycles. The van der Waals surface area contributed by atoms with Gasteiger partial charge in [0.25, 0.3) is 0 Å². The third-order valence-corrected chi connectivity index (χ3v) is 2.39. The molecule has 0 atom stereocenters. The lowest BCUT2D eigenvalue weighted by atomic mass is 10.4. The summed E-state index contributed by atoms with van der Waals surface area (Å²) >= 11 is 1.28. The molecule has 0 saturated carbocycles. The van der Waals surface area contributed by atoms with Crippen molar-refractivity contribution < 1.29 is 0 Å². The Morgan fingerprint density at radius 1 is 1.88 bits per heavy atom. The van der Waals surface area contributed by atoms with E-state index in [4.69, 9.17) is 10.7 Å². The Balaban J connectivity index is 2.46. The molecule has 0 saturated heterocycles. The molecule has 1 heterocycles. The Labute approximate surface area is 58.3 Å². The summed E-state index contributed by atoms with van der Waals surface area (Å²) in [5.74, 6) is 0. The predicted octanol–water partition coefficient (Wildman–Crippen LogP) is 2.40. The summed E-state index contributed by atoms with van der Waals surface area (Å²) in [6.45, 7) is 3.14. The van der Waals surface area contributed by atoms with E-state index < -0.39 is 0 Å². The zero-order valence-corrected chi connectivity index (χ0v) is 6.30. The lowest BCUT2D eigenvalue weighted by Gasteiger charge is -2.11. The highest BCUT2D eigenvalue weighted by atomic mass is 35.7. The Morgan fingerprint density at radius 3 is 2.88 bits per heavy atom. The van der Waals surface area contributed by atoms with Gasteiger partial charge in [-0.15, -0.1) is 0 Å². The smallest absolute Gasteiger partial charge is 0.0608 e. The van der Waals surface area contributed by atoms with E-state index >= 15 is 0 Å². The predicted molar refractivity (Wildman–Crippen MR) is 38.5 cm³/mol. The van der Waals surface area contributed by atoms with Gasteiger partial charge in [-0.05, 0) is 24.0 Å². The first-order chi connectivity index (χ1) is 3.84. The molecule has 0 aromatic heterocycles. The van der Waals surface area contributed by atoms with Crippen LogP contribution in [-0.2, 0) is 0 Å². The van der Waals surface area contributed by atoms with Crippen LogP contribution in [0.3, 0.4) is 0 Å². The van der Waals surface area contributed by atoms with Crippen molar-refractivity contribution in [2.24, 2.45) is 0 Å². The van der Waals surface area contributed by atoms with Crippen LogP contribution < -0.4 is 0 Å². The first-order valence-electron chi connectivity index (χ1n) is 2.57. The van der Waals surface area contributed by atoms with E-state index in [1.807, 2.05) is 0 Å². The standard InChI is InChI=1S/C5H8ClNS/c1-5-3-2-4-7(5)8-6/h3H,2,4H2,1H3. The highest BCUT2D eigenvalue weighted by Gasteiger charge is 2.08. The van der Waals surface area contributed by atoms with Gasteiger partial charge >= 0.3 is 0 Å². The van der Waals surface area contributed by atoms with Crippen molar-refractivity contribution >= 4 is 21.8 Å². The fourth-order valence-electron chi connectivity index (χ4n) is 0.758.